The van der Waals surface area contributed by atoms with Gasteiger partial charge in [-0.1, -0.05) is 26.0 Å². The predicted octanol–water partition coefficient (Wildman–Crippen LogP) is 4.06. The summed E-state index contributed by atoms with van der Waals surface area (Å²) in [7, 11) is 2.13. The van der Waals surface area contributed by atoms with E-state index in [1.165, 1.54) is 11.5 Å². The van der Waals surface area contributed by atoms with Gasteiger partial charge in [-0.05, 0) is 56.3 Å². The Bertz CT molecular complexity index is 1220. The highest BCUT2D eigenvalue weighted by Gasteiger charge is 2.14. The third-order valence-electron chi connectivity index (χ3n) is 6.04. The average Bonchev–Trinajstić information content (AvgIpc) is 3.18. The number of hydrogen-bond acceptors (Lipinski definition) is 7. The van der Waals surface area contributed by atoms with E-state index in [1.807, 2.05) is 19.9 Å². The molecule has 1 saturated heterocycles. The number of ether oxygens (including phenoxy) is 1. The van der Waals surface area contributed by atoms with Crippen LogP contribution in [0.3, 0.4) is 0 Å². The van der Waals surface area contributed by atoms with Crippen molar-refractivity contribution < 1.29 is 18.7 Å². The van der Waals surface area contributed by atoms with E-state index >= 15 is 0 Å². The van der Waals surface area contributed by atoms with Crippen molar-refractivity contribution in [2.45, 2.75) is 33.7 Å². The Balaban J connectivity index is 0.00000176. The van der Waals surface area contributed by atoms with Crippen LogP contribution in [0.5, 0.6) is 0 Å². The van der Waals surface area contributed by atoms with Crippen molar-refractivity contribution in [1.29, 1.82) is 0 Å². The number of hydrogen-bond donors (Lipinski definition) is 1. The largest absolute Gasteiger partial charge is 0.449 e. The molecule has 3 aromatic rings. The van der Waals surface area contributed by atoms with Crippen LogP contribution in [0.1, 0.15) is 43.1 Å². The Morgan fingerprint density at radius 1 is 1.06 bits per heavy atom. The van der Waals surface area contributed by atoms with Crippen molar-refractivity contribution in [1.82, 2.24) is 14.4 Å². The molecule has 2 heterocycles. The van der Waals surface area contributed by atoms with E-state index in [0.29, 0.717) is 29.0 Å². The van der Waals surface area contributed by atoms with Gasteiger partial charge in [-0.25, -0.2) is 9.59 Å². The molecule has 0 aliphatic carbocycles. The number of anilines is 1. The number of nitrogens with zero attached hydrogens (tertiary/aromatic N) is 3. The third kappa shape index (κ3) is 7.29. The lowest BCUT2D eigenvalue weighted by atomic mass is 10.1. The Kier molecular flexibility index (Phi) is 9.84. The fourth-order valence-electron chi connectivity index (χ4n) is 4.04. The molecule has 1 aromatic heterocycles. The molecule has 194 valence electrons. The van der Waals surface area contributed by atoms with Crippen molar-refractivity contribution in [2.24, 2.45) is 0 Å². The fraction of sp³-hybridized carbons (Fsp3) is 0.444. The van der Waals surface area contributed by atoms with Gasteiger partial charge in [0.05, 0.1) is 18.7 Å². The van der Waals surface area contributed by atoms with Crippen LogP contribution in [-0.2, 0) is 11.3 Å². The molecular formula is C27H36N4O5. The molecule has 1 N–H and O–H groups in total. The molecular weight excluding hydrogens is 460 g/mol. The monoisotopic (exact) mass is 496 g/mol. The van der Waals surface area contributed by atoms with Gasteiger partial charge in [0.15, 0.2) is 11.4 Å². The number of fused-ring (bicyclic) bond motifs is 1. The number of carbonyl (C=O) groups is 2. The maximum atomic E-state index is 12.4. The zero-order valence-electron chi connectivity index (χ0n) is 21.6. The number of rotatable bonds is 8. The average molecular weight is 497 g/mol. The summed E-state index contributed by atoms with van der Waals surface area (Å²) in [4.78, 5) is 40.9. The Morgan fingerprint density at radius 2 is 1.81 bits per heavy atom. The fourth-order valence-corrected chi connectivity index (χ4v) is 4.04. The van der Waals surface area contributed by atoms with E-state index in [9.17, 15) is 14.4 Å². The molecule has 0 saturated carbocycles. The lowest BCUT2D eigenvalue weighted by Crippen LogP contribution is -2.44. The van der Waals surface area contributed by atoms with Crippen LogP contribution >= 0.6 is 0 Å². The highest BCUT2D eigenvalue weighted by molar-refractivity contribution is 5.96. The number of piperazine rings is 1. The molecule has 9 nitrogen and oxygen atoms in total. The second-order valence-electron chi connectivity index (χ2n) is 8.65. The van der Waals surface area contributed by atoms with Crippen molar-refractivity contribution in [3.63, 3.8) is 0 Å². The topological polar surface area (TPSA) is 97.0 Å². The molecule has 0 unspecified atom stereocenters. The van der Waals surface area contributed by atoms with Gasteiger partial charge in [0.1, 0.15) is 0 Å². The number of Topliss-reactive ketones (excluding diaryl/α,β-unsaturated/α-hetero) is 1. The SMILES string of the molecule is CC.CC(=O)c1ccc2c(c1)oc(=O)n2Cc1cccc(NC(=O)OCCCN2CCN(C)CC2)c1. The minimum Gasteiger partial charge on any atom is -0.449 e. The van der Waals surface area contributed by atoms with E-state index in [2.05, 4.69) is 22.2 Å². The van der Waals surface area contributed by atoms with Crippen molar-refractivity contribution >= 4 is 28.7 Å². The van der Waals surface area contributed by atoms with Crippen molar-refractivity contribution in [3.8, 4) is 0 Å². The van der Waals surface area contributed by atoms with E-state index in [1.54, 1.807) is 36.4 Å². The normalized spacial score (nSPS) is 14.2. The van der Waals surface area contributed by atoms with E-state index in [0.717, 1.165) is 44.7 Å². The second kappa shape index (κ2) is 13.0. The zero-order valence-corrected chi connectivity index (χ0v) is 21.6. The quantitative estimate of drug-likeness (QED) is 0.371. The summed E-state index contributed by atoms with van der Waals surface area (Å²) in [5, 5.41) is 2.75. The van der Waals surface area contributed by atoms with Gasteiger partial charge in [-0.2, -0.15) is 0 Å². The van der Waals surface area contributed by atoms with Crippen molar-refractivity contribution in [3.05, 3.63) is 64.1 Å². The highest BCUT2D eigenvalue weighted by atomic mass is 16.5. The first-order valence-corrected chi connectivity index (χ1v) is 12.5. The number of benzene rings is 2. The predicted molar refractivity (Wildman–Crippen MR) is 141 cm³/mol. The first-order chi connectivity index (χ1) is 17.4. The summed E-state index contributed by atoms with van der Waals surface area (Å²) in [6.45, 7) is 11.2. The molecule has 4 rings (SSSR count). The van der Waals surface area contributed by atoms with Gasteiger partial charge in [0, 0.05) is 44.0 Å². The summed E-state index contributed by atoms with van der Waals surface area (Å²) < 4.78 is 12.1. The van der Waals surface area contributed by atoms with Crippen LogP contribution in [-0.4, -0.2) is 72.6 Å². The Labute approximate surface area is 211 Å². The maximum absolute atomic E-state index is 12.4. The molecule has 1 aliphatic rings. The number of oxazole rings is 1. The van der Waals surface area contributed by atoms with Gasteiger partial charge in [0.25, 0.3) is 0 Å². The Hall–Kier alpha value is -3.43. The second-order valence-corrected chi connectivity index (χ2v) is 8.65. The molecule has 1 amide bonds. The van der Waals surface area contributed by atoms with Gasteiger partial charge in [0.2, 0.25) is 0 Å². The van der Waals surface area contributed by atoms with Crippen LogP contribution in [0, 0.1) is 0 Å². The lowest BCUT2D eigenvalue weighted by Gasteiger charge is -2.32. The highest BCUT2D eigenvalue weighted by Crippen LogP contribution is 2.18. The van der Waals surface area contributed by atoms with Crippen LogP contribution in [0.4, 0.5) is 10.5 Å². The van der Waals surface area contributed by atoms with Crippen LogP contribution in [0.25, 0.3) is 11.1 Å². The standard InChI is InChI=1S/C25H30N4O5.C2H6/c1-18(30)20-7-8-22-23(16-20)34-25(32)29(22)17-19-5-3-6-21(15-19)26-24(31)33-14-4-9-28-12-10-27(2)11-13-28;1-2/h3,5-8,15-16H,4,9-14,17H2,1-2H3,(H,26,31);1-2H3. The third-order valence-corrected chi connectivity index (χ3v) is 6.04. The molecule has 0 bridgehead atoms. The summed E-state index contributed by atoms with van der Waals surface area (Å²) in [5.41, 5.74) is 2.86. The van der Waals surface area contributed by atoms with Crippen molar-refractivity contribution in [2.75, 3.05) is 51.7 Å². The molecule has 36 heavy (non-hydrogen) atoms. The number of nitrogens with one attached hydrogen (secondary N) is 1. The van der Waals surface area contributed by atoms with E-state index in [4.69, 9.17) is 9.15 Å². The minimum atomic E-state index is -0.506. The number of carbonyl (C=O) groups excluding carboxylic acids is 2. The number of amides is 1. The van der Waals surface area contributed by atoms with Gasteiger partial charge >= 0.3 is 11.8 Å². The molecule has 9 heteroatoms. The minimum absolute atomic E-state index is 0.0951. The van der Waals surface area contributed by atoms with Crippen LogP contribution in [0.15, 0.2) is 51.7 Å². The zero-order chi connectivity index (χ0) is 26.1. The molecule has 1 aliphatic heterocycles. The van der Waals surface area contributed by atoms with Gasteiger partial charge < -0.3 is 19.0 Å². The van der Waals surface area contributed by atoms with Gasteiger partial charge in [-0.15, -0.1) is 0 Å². The smallest absolute Gasteiger partial charge is 0.420 e. The lowest BCUT2D eigenvalue weighted by molar-refractivity contribution is 0.101. The number of ketones is 1. The summed E-state index contributed by atoms with van der Waals surface area (Å²) >= 11 is 0. The molecule has 0 radical (unpaired) electrons. The summed E-state index contributed by atoms with van der Waals surface area (Å²) in [6, 6.07) is 12.2. The molecule has 0 atom stereocenters. The van der Waals surface area contributed by atoms with E-state index < -0.39 is 11.8 Å². The summed E-state index contributed by atoms with van der Waals surface area (Å²) in [6.07, 6.45) is 0.289. The maximum Gasteiger partial charge on any atom is 0.420 e. The van der Waals surface area contributed by atoms with Crippen LogP contribution in [0.2, 0.25) is 0 Å². The molecule has 2 aromatic carbocycles. The van der Waals surface area contributed by atoms with E-state index in [-0.39, 0.29) is 12.3 Å². The molecule has 1 fully saturated rings. The number of aromatic nitrogens is 1. The first-order valence-electron chi connectivity index (χ1n) is 12.5. The number of likely N-dealkylation sites (N-methyl/N-ethyl adjacent to an activating group) is 1. The van der Waals surface area contributed by atoms with Gasteiger partial charge in [-0.3, -0.25) is 14.7 Å². The Morgan fingerprint density at radius 3 is 2.53 bits per heavy atom. The first kappa shape index (κ1) is 27.2. The summed E-state index contributed by atoms with van der Waals surface area (Å²) in [5.74, 6) is -0.601. The molecule has 0 spiro atoms. The van der Waals surface area contributed by atoms with Crippen LogP contribution < -0.4 is 11.1 Å².